The van der Waals surface area contributed by atoms with Crippen molar-refractivity contribution in [1.82, 2.24) is 4.90 Å². The summed E-state index contributed by atoms with van der Waals surface area (Å²) in [6.07, 6.45) is 0.623. The van der Waals surface area contributed by atoms with Crippen molar-refractivity contribution in [2.75, 3.05) is 11.6 Å². The first-order valence-electron chi connectivity index (χ1n) is 5.94. The molecule has 3 rings (SSSR count). The summed E-state index contributed by atoms with van der Waals surface area (Å²) >= 11 is 0. The zero-order chi connectivity index (χ0) is 13.6. The highest BCUT2D eigenvalue weighted by Crippen LogP contribution is 2.42. The van der Waals surface area contributed by atoms with E-state index in [2.05, 4.69) is 5.10 Å². The van der Waals surface area contributed by atoms with E-state index in [9.17, 15) is 9.59 Å². The minimum absolute atomic E-state index is 0.137. The first-order chi connectivity index (χ1) is 9.08. The Balaban J connectivity index is 2.15. The molecule has 1 amide bonds. The van der Waals surface area contributed by atoms with Crippen molar-refractivity contribution in [2.24, 2.45) is 5.10 Å². The molecule has 1 atom stereocenters. The van der Waals surface area contributed by atoms with E-state index >= 15 is 0 Å². The average Bonchev–Trinajstić information content (AvgIpc) is 2.72. The predicted octanol–water partition coefficient (Wildman–Crippen LogP) is 0.976. The predicted molar refractivity (Wildman–Crippen MR) is 68.8 cm³/mol. The summed E-state index contributed by atoms with van der Waals surface area (Å²) in [5.41, 5.74) is -0.0451. The summed E-state index contributed by atoms with van der Waals surface area (Å²) in [6, 6.07) is 7.41. The van der Waals surface area contributed by atoms with Crippen molar-refractivity contribution in [1.29, 1.82) is 0 Å². The molecule has 0 N–H and O–H groups in total. The lowest BCUT2D eigenvalue weighted by Crippen LogP contribution is -2.59. The second-order valence-corrected chi connectivity index (χ2v) is 4.74. The van der Waals surface area contributed by atoms with Crippen LogP contribution >= 0.6 is 0 Å². The standard InChI is InChI=1S/C13H13N3O3/c1-9(18)12-14-16-10-5-3-4-6-11(10)19-7-13(16,2)15(12)8-17/h3-6,8H,7H2,1-2H3. The number of rotatable bonds is 2. The maximum atomic E-state index is 11.6. The van der Waals surface area contributed by atoms with E-state index in [-0.39, 0.29) is 18.2 Å². The van der Waals surface area contributed by atoms with Gasteiger partial charge in [-0.2, -0.15) is 0 Å². The van der Waals surface area contributed by atoms with Crippen LogP contribution < -0.4 is 9.75 Å². The van der Waals surface area contributed by atoms with Gasteiger partial charge < -0.3 is 4.74 Å². The van der Waals surface area contributed by atoms with Gasteiger partial charge in [0.15, 0.2) is 11.4 Å². The van der Waals surface area contributed by atoms with Crippen LogP contribution in [0.25, 0.3) is 0 Å². The maximum absolute atomic E-state index is 11.6. The molecule has 2 aliphatic heterocycles. The summed E-state index contributed by atoms with van der Waals surface area (Å²) in [6.45, 7) is 3.46. The van der Waals surface area contributed by atoms with Crippen LogP contribution in [0.5, 0.6) is 5.75 Å². The number of hydrogen-bond donors (Lipinski definition) is 0. The van der Waals surface area contributed by atoms with Gasteiger partial charge in [0.1, 0.15) is 18.0 Å². The monoisotopic (exact) mass is 259 g/mol. The maximum Gasteiger partial charge on any atom is 0.217 e. The van der Waals surface area contributed by atoms with Gasteiger partial charge in [0, 0.05) is 6.92 Å². The van der Waals surface area contributed by atoms with E-state index in [0.717, 1.165) is 5.69 Å². The van der Waals surface area contributed by atoms with Gasteiger partial charge in [-0.25, -0.2) is 5.01 Å². The molecule has 1 unspecified atom stereocenters. The van der Waals surface area contributed by atoms with Gasteiger partial charge in [-0.15, -0.1) is 5.10 Å². The van der Waals surface area contributed by atoms with Gasteiger partial charge >= 0.3 is 0 Å². The number of amides is 1. The number of fused-ring (bicyclic) bond motifs is 3. The number of hydrazone groups is 1. The molecule has 1 aromatic carbocycles. The molecule has 6 heteroatoms. The van der Waals surface area contributed by atoms with Gasteiger partial charge in [0.25, 0.3) is 0 Å². The summed E-state index contributed by atoms with van der Waals surface area (Å²) in [7, 11) is 0. The lowest BCUT2D eigenvalue weighted by molar-refractivity contribution is -0.121. The van der Waals surface area contributed by atoms with Gasteiger partial charge in [0.2, 0.25) is 12.2 Å². The molecule has 1 aromatic rings. The van der Waals surface area contributed by atoms with Gasteiger partial charge in [-0.1, -0.05) is 12.1 Å². The van der Waals surface area contributed by atoms with Crippen LogP contribution in [-0.2, 0) is 9.59 Å². The van der Waals surface area contributed by atoms with Crippen LogP contribution in [0.2, 0.25) is 0 Å². The van der Waals surface area contributed by atoms with Crippen LogP contribution in [0.15, 0.2) is 29.4 Å². The van der Waals surface area contributed by atoms with E-state index in [1.807, 2.05) is 31.2 Å². The number of hydrogen-bond acceptors (Lipinski definition) is 5. The van der Waals surface area contributed by atoms with Crippen molar-refractivity contribution in [3.8, 4) is 5.75 Å². The largest absolute Gasteiger partial charge is 0.487 e. The number of anilines is 1. The van der Waals surface area contributed by atoms with Crippen molar-refractivity contribution < 1.29 is 14.3 Å². The highest BCUT2D eigenvalue weighted by atomic mass is 16.5. The van der Waals surface area contributed by atoms with E-state index in [0.29, 0.717) is 12.2 Å². The van der Waals surface area contributed by atoms with Crippen molar-refractivity contribution in [3.63, 3.8) is 0 Å². The Kier molecular flexibility index (Phi) is 2.35. The molecule has 0 bridgehead atoms. The van der Waals surface area contributed by atoms with Gasteiger partial charge in [-0.05, 0) is 19.1 Å². The zero-order valence-electron chi connectivity index (χ0n) is 10.7. The third-order valence-electron chi connectivity index (χ3n) is 3.41. The molecule has 19 heavy (non-hydrogen) atoms. The molecule has 98 valence electrons. The Morgan fingerprint density at radius 2 is 2.21 bits per heavy atom. The fourth-order valence-electron chi connectivity index (χ4n) is 2.40. The smallest absolute Gasteiger partial charge is 0.217 e. The SMILES string of the molecule is CC(=O)C1=NN2c3ccccc3OCC2(C)N1C=O. The number of Topliss-reactive ketones (excluding diaryl/α,β-unsaturated/α-hetero) is 1. The molecule has 0 saturated heterocycles. The lowest BCUT2D eigenvalue weighted by atomic mass is 10.1. The first-order valence-corrected chi connectivity index (χ1v) is 5.94. The molecule has 2 aliphatic rings. The van der Waals surface area contributed by atoms with E-state index < -0.39 is 5.66 Å². The van der Waals surface area contributed by atoms with Crippen LogP contribution in [0, 0.1) is 0 Å². The quantitative estimate of drug-likeness (QED) is 0.743. The topological polar surface area (TPSA) is 62.2 Å². The molecule has 0 radical (unpaired) electrons. The molecule has 0 saturated carbocycles. The second-order valence-electron chi connectivity index (χ2n) is 4.74. The second kappa shape index (κ2) is 3.81. The number of nitrogens with zero attached hydrogens (tertiary/aromatic N) is 3. The fraction of sp³-hybridized carbons (Fsp3) is 0.308. The number of benzene rings is 1. The number of amidine groups is 1. The number of ketones is 1. The Morgan fingerprint density at radius 1 is 1.47 bits per heavy atom. The molecule has 0 fully saturated rings. The molecule has 0 aliphatic carbocycles. The Bertz CT molecular complexity index is 599. The van der Waals surface area contributed by atoms with E-state index in [1.54, 1.807) is 5.01 Å². The number of para-hydroxylation sites is 2. The zero-order valence-corrected chi connectivity index (χ0v) is 10.7. The highest BCUT2D eigenvalue weighted by molar-refractivity contribution is 6.40. The summed E-state index contributed by atoms with van der Waals surface area (Å²) in [5.74, 6) is 0.581. The lowest BCUT2D eigenvalue weighted by Gasteiger charge is -2.42. The molecule has 0 aromatic heterocycles. The third kappa shape index (κ3) is 1.46. The minimum atomic E-state index is -0.795. The van der Waals surface area contributed by atoms with Crippen molar-refractivity contribution >= 4 is 23.7 Å². The number of ether oxygens (including phenoxy) is 1. The summed E-state index contributed by atoms with van der Waals surface area (Å²) < 4.78 is 5.67. The highest BCUT2D eigenvalue weighted by Gasteiger charge is 2.50. The fourth-order valence-corrected chi connectivity index (χ4v) is 2.40. The van der Waals surface area contributed by atoms with Crippen LogP contribution in [0.4, 0.5) is 5.69 Å². The van der Waals surface area contributed by atoms with Crippen LogP contribution in [-0.4, -0.2) is 35.2 Å². The Morgan fingerprint density at radius 3 is 2.89 bits per heavy atom. The molecular formula is C13H13N3O3. The average molecular weight is 259 g/mol. The molecule has 0 spiro atoms. The van der Waals surface area contributed by atoms with E-state index in [4.69, 9.17) is 4.74 Å². The molecule has 2 heterocycles. The molecular weight excluding hydrogens is 246 g/mol. The van der Waals surface area contributed by atoms with Crippen LogP contribution in [0.3, 0.4) is 0 Å². The van der Waals surface area contributed by atoms with Crippen molar-refractivity contribution in [2.45, 2.75) is 19.5 Å². The summed E-state index contributed by atoms with van der Waals surface area (Å²) in [5, 5.41) is 5.97. The van der Waals surface area contributed by atoms with Gasteiger partial charge in [0.05, 0.1) is 0 Å². The first kappa shape index (κ1) is 11.7. The Hall–Kier alpha value is -2.37. The summed E-state index contributed by atoms with van der Waals surface area (Å²) in [4.78, 5) is 24.2. The number of carbonyl (C=O) groups is 2. The minimum Gasteiger partial charge on any atom is -0.487 e. The molecule has 6 nitrogen and oxygen atoms in total. The van der Waals surface area contributed by atoms with E-state index in [1.165, 1.54) is 11.8 Å². The number of carbonyl (C=O) groups excluding carboxylic acids is 2. The third-order valence-corrected chi connectivity index (χ3v) is 3.41. The van der Waals surface area contributed by atoms with Crippen LogP contribution in [0.1, 0.15) is 13.8 Å². The normalized spacial score (nSPS) is 24.2. The van der Waals surface area contributed by atoms with Crippen molar-refractivity contribution in [3.05, 3.63) is 24.3 Å². The Labute approximate surface area is 110 Å². The van der Waals surface area contributed by atoms with Gasteiger partial charge in [-0.3, -0.25) is 14.5 Å².